The first-order valence-corrected chi connectivity index (χ1v) is 9.75. The Kier molecular flexibility index (Phi) is 6.54. The van der Waals surface area contributed by atoms with Gasteiger partial charge in [-0.1, -0.05) is 30.0 Å². The molecule has 1 aliphatic rings. The van der Waals surface area contributed by atoms with E-state index in [2.05, 4.69) is 20.2 Å². The molecule has 0 bridgehead atoms. The molecule has 3 rings (SSSR count). The quantitative estimate of drug-likeness (QED) is 0.491. The average Bonchev–Trinajstić information content (AvgIpc) is 2.66. The summed E-state index contributed by atoms with van der Waals surface area (Å²) >= 11 is 1.60. The number of para-hydroxylation sites is 1. The van der Waals surface area contributed by atoms with Crippen LogP contribution in [0.25, 0.3) is 0 Å². The van der Waals surface area contributed by atoms with Gasteiger partial charge in [0.1, 0.15) is 17.4 Å². The second-order valence-electron chi connectivity index (χ2n) is 6.18. The van der Waals surface area contributed by atoms with Crippen molar-refractivity contribution in [3.05, 3.63) is 35.4 Å². The number of nitrogens with two attached hydrogens (primary N) is 2. The molecule has 1 saturated heterocycles. The van der Waals surface area contributed by atoms with Crippen LogP contribution in [0, 0.1) is 0 Å². The molecule has 5 N–H and O–H groups in total. The molecule has 140 valence electrons. The van der Waals surface area contributed by atoms with E-state index < -0.39 is 0 Å². The van der Waals surface area contributed by atoms with Crippen molar-refractivity contribution in [1.29, 1.82) is 0 Å². The lowest BCUT2D eigenvalue weighted by molar-refractivity contribution is 0.255. The normalized spacial score (nSPS) is 15.1. The molecule has 1 aliphatic heterocycles. The lowest BCUT2D eigenvalue weighted by Gasteiger charge is -2.26. The highest BCUT2D eigenvalue weighted by atomic mass is 32.2. The van der Waals surface area contributed by atoms with E-state index >= 15 is 0 Å². The third-order valence-electron chi connectivity index (χ3n) is 4.46. The van der Waals surface area contributed by atoms with Crippen molar-refractivity contribution in [3.63, 3.8) is 0 Å². The summed E-state index contributed by atoms with van der Waals surface area (Å²) in [6.07, 6.45) is 0.549. The first-order valence-electron chi connectivity index (χ1n) is 8.77. The molecule has 0 aliphatic carbocycles. The Morgan fingerprint density at radius 3 is 2.54 bits per heavy atom. The van der Waals surface area contributed by atoms with Crippen molar-refractivity contribution in [2.75, 3.05) is 57.1 Å². The van der Waals surface area contributed by atoms with Crippen LogP contribution in [0.5, 0.6) is 5.75 Å². The standard InChI is InChI=1S/C18H26N6OS/c1-25-15-5-3-2-4-13(15)12-14-16(19)22-18(23-17(14)20)26-11-10-24-8-6-21-7-9-24/h2-5,21H,6-12H2,1H3,(H4,19,20,22,23). The van der Waals surface area contributed by atoms with E-state index in [9.17, 15) is 0 Å². The number of benzene rings is 1. The van der Waals surface area contributed by atoms with Crippen LogP contribution in [0.1, 0.15) is 11.1 Å². The van der Waals surface area contributed by atoms with Gasteiger partial charge < -0.3 is 21.5 Å². The third-order valence-corrected chi connectivity index (χ3v) is 5.29. The molecule has 0 spiro atoms. The van der Waals surface area contributed by atoms with Gasteiger partial charge in [-0.2, -0.15) is 0 Å². The summed E-state index contributed by atoms with van der Waals surface area (Å²) in [6, 6.07) is 7.81. The number of hydrogen-bond donors (Lipinski definition) is 3. The third kappa shape index (κ3) is 4.78. The molecule has 0 saturated carbocycles. The van der Waals surface area contributed by atoms with Crippen LogP contribution in [0.15, 0.2) is 29.4 Å². The van der Waals surface area contributed by atoms with Gasteiger partial charge in [-0.15, -0.1) is 0 Å². The second kappa shape index (κ2) is 9.07. The Morgan fingerprint density at radius 2 is 1.85 bits per heavy atom. The summed E-state index contributed by atoms with van der Waals surface area (Å²) in [7, 11) is 1.65. The minimum Gasteiger partial charge on any atom is -0.496 e. The highest BCUT2D eigenvalue weighted by molar-refractivity contribution is 7.99. The van der Waals surface area contributed by atoms with E-state index in [1.165, 1.54) is 0 Å². The van der Waals surface area contributed by atoms with E-state index in [4.69, 9.17) is 16.2 Å². The Bertz CT molecular complexity index is 712. The van der Waals surface area contributed by atoms with Gasteiger partial charge in [-0.05, 0) is 11.6 Å². The van der Waals surface area contributed by atoms with Crippen molar-refractivity contribution in [2.45, 2.75) is 11.6 Å². The minimum atomic E-state index is 0.438. The van der Waals surface area contributed by atoms with E-state index in [1.54, 1.807) is 18.9 Å². The number of aromatic nitrogens is 2. The van der Waals surface area contributed by atoms with Crippen LogP contribution >= 0.6 is 11.8 Å². The minimum absolute atomic E-state index is 0.438. The Balaban J connectivity index is 1.64. The monoisotopic (exact) mass is 374 g/mol. The maximum atomic E-state index is 6.17. The molecule has 0 amide bonds. The zero-order valence-corrected chi connectivity index (χ0v) is 15.9. The molecule has 2 heterocycles. The molecule has 7 nitrogen and oxygen atoms in total. The summed E-state index contributed by atoms with van der Waals surface area (Å²) in [6.45, 7) is 5.29. The molecule has 0 unspecified atom stereocenters. The van der Waals surface area contributed by atoms with Crippen molar-refractivity contribution in [2.24, 2.45) is 0 Å². The topological polar surface area (TPSA) is 102 Å². The summed E-state index contributed by atoms with van der Waals surface area (Å²) in [5, 5.41) is 3.99. The van der Waals surface area contributed by atoms with Gasteiger partial charge in [0.05, 0.1) is 7.11 Å². The number of hydrogen-bond acceptors (Lipinski definition) is 8. The molecule has 2 aromatic rings. The molecule has 1 fully saturated rings. The SMILES string of the molecule is COc1ccccc1Cc1c(N)nc(SCCN2CCNCC2)nc1N. The number of piperazine rings is 1. The van der Waals surface area contributed by atoms with Gasteiger partial charge in [-0.25, -0.2) is 9.97 Å². The highest BCUT2D eigenvalue weighted by Crippen LogP contribution is 2.27. The number of anilines is 2. The maximum Gasteiger partial charge on any atom is 0.191 e. The van der Waals surface area contributed by atoms with Gasteiger partial charge >= 0.3 is 0 Å². The number of rotatable bonds is 7. The molecule has 0 radical (unpaired) electrons. The lowest BCUT2D eigenvalue weighted by atomic mass is 10.1. The number of ether oxygens (including phenoxy) is 1. The number of nitrogen functional groups attached to an aromatic ring is 2. The largest absolute Gasteiger partial charge is 0.496 e. The number of methoxy groups -OCH3 is 1. The second-order valence-corrected chi connectivity index (χ2v) is 7.25. The van der Waals surface area contributed by atoms with Gasteiger partial charge in [0.15, 0.2) is 5.16 Å². The molecule has 1 aromatic carbocycles. The van der Waals surface area contributed by atoms with Gasteiger partial charge in [0.2, 0.25) is 0 Å². The smallest absolute Gasteiger partial charge is 0.191 e. The first-order chi connectivity index (χ1) is 12.7. The average molecular weight is 375 g/mol. The number of thioether (sulfide) groups is 1. The number of nitrogens with zero attached hydrogens (tertiary/aromatic N) is 3. The Morgan fingerprint density at radius 1 is 1.15 bits per heavy atom. The molecule has 0 atom stereocenters. The molecular weight excluding hydrogens is 348 g/mol. The highest BCUT2D eigenvalue weighted by Gasteiger charge is 2.14. The van der Waals surface area contributed by atoms with Crippen LogP contribution in [-0.2, 0) is 6.42 Å². The van der Waals surface area contributed by atoms with Gasteiger partial charge in [0, 0.05) is 50.5 Å². The van der Waals surface area contributed by atoms with E-state index in [0.717, 1.165) is 55.4 Å². The van der Waals surface area contributed by atoms with Crippen LogP contribution in [0.4, 0.5) is 11.6 Å². The van der Waals surface area contributed by atoms with Crippen molar-refractivity contribution < 1.29 is 4.74 Å². The van der Waals surface area contributed by atoms with Gasteiger partial charge in [-0.3, -0.25) is 4.90 Å². The predicted octanol–water partition coefficient (Wildman–Crippen LogP) is 1.24. The predicted molar refractivity (Wildman–Crippen MR) is 107 cm³/mol. The lowest BCUT2D eigenvalue weighted by Crippen LogP contribution is -2.44. The number of nitrogens with one attached hydrogen (secondary N) is 1. The van der Waals surface area contributed by atoms with Crippen molar-refractivity contribution in [3.8, 4) is 5.75 Å². The van der Waals surface area contributed by atoms with Crippen LogP contribution < -0.4 is 21.5 Å². The summed E-state index contributed by atoms with van der Waals surface area (Å²) < 4.78 is 5.40. The van der Waals surface area contributed by atoms with Crippen molar-refractivity contribution >= 4 is 23.4 Å². The first kappa shape index (κ1) is 18.8. The fraction of sp³-hybridized carbons (Fsp3) is 0.444. The molecule has 26 heavy (non-hydrogen) atoms. The van der Waals surface area contributed by atoms with Crippen LogP contribution in [0.2, 0.25) is 0 Å². The van der Waals surface area contributed by atoms with Crippen LogP contribution in [-0.4, -0.2) is 60.5 Å². The zero-order valence-electron chi connectivity index (χ0n) is 15.1. The fourth-order valence-corrected chi connectivity index (χ4v) is 3.84. The molecular formula is C18H26N6OS. The van der Waals surface area contributed by atoms with Crippen LogP contribution in [0.3, 0.4) is 0 Å². The van der Waals surface area contributed by atoms with Gasteiger partial charge in [0.25, 0.3) is 0 Å². The maximum absolute atomic E-state index is 6.17. The summed E-state index contributed by atoms with van der Waals surface area (Å²) in [5.41, 5.74) is 14.1. The van der Waals surface area contributed by atoms with E-state index in [-0.39, 0.29) is 0 Å². The van der Waals surface area contributed by atoms with Crippen molar-refractivity contribution in [1.82, 2.24) is 20.2 Å². The van der Waals surface area contributed by atoms with E-state index in [0.29, 0.717) is 23.2 Å². The molecule has 8 heteroatoms. The molecule has 1 aromatic heterocycles. The Hall–Kier alpha value is -2.03. The fourth-order valence-electron chi connectivity index (χ4n) is 2.98. The van der Waals surface area contributed by atoms with E-state index in [1.807, 2.05) is 24.3 Å². The zero-order chi connectivity index (χ0) is 18.4. The summed E-state index contributed by atoms with van der Waals surface area (Å²) in [4.78, 5) is 11.3. The Labute approximate surface area is 158 Å². The summed E-state index contributed by atoms with van der Waals surface area (Å²) in [5.74, 6) is 2.60.